The molecule has 11 heteroatoms. The molecular weight excluding hydrogens is 652 g/mol. The molecule has 0 aliphatic carbocycles. The number of hydrogen-bond acceptors (Lipinski definition) is 4. The van der Waals surface area contributed by atoms with E-state index in [0.717, 1.165) is 22.8 Å². The van der Waals surface area contributed by atoms with Crippen LogP contribution in [0.5, 0.6) is 5.75 Å². The Morgan fingerprint density at radius 3 is 2.09 bits per heavy atom. The van der Waals surface area contributed by atoms with Gasteiger partial charge in [0.15, 0.2) is 0 Å². The fourth-order valence-corrected chi connectivity index (χ4v) is 5.70. The van der Waals surface area contributed by atoms with E-state index in [1.54, 1.807) is 30.3 Å². The lowest BCUT2D eigenvalue weighted by atomic mass is 9.70. The van der Waals surface area contributed by atoms with Crippen LogP contribution in [0.1, 0.15) is 40.7 Å². The molecule has 4 aromatic rings. The van der Waals surface area contributed by atoms with Crippen LogP contribution in [-0.2, 0) is 34.0 Å². The van der Waals surface area contributed by atoms with Crippen LogP contribution in [0, 0.1) is 0 Å². The van der Waals surface area contributed by atoms with Gasteiger partial charge in [0.2, 0.25) is 5.91 Å². The molecule has 1 amide bonds. The molecule has 0 saturated carbocycles. The zero-order chi connectivity index (χ0) is 33.0. The van der Waals surface area contributed by atoms with Crippen LogP contribution in [0.4, 0.5) is 13.2 Å². The van der Waals surface area contributed by atoms with Gasteiger partial charge in [0.25, 0.3) is 0 Å². The van der Waals surface area contributed by atoms with Crippen molar-refractivity contribution in [2.24, 2.45) is 0 Å². The summed E-state index contributed by atoms with van der Waals surface area (Å²) in [4.78, 5) is 22.8. The van der Waals surface area contributed by atoms with E-state index in [1.165, 1.54) is 6.07 Å². The first-order chi connectivity index (χ1) is 22.1. The molecule has 4 rings (SSSR count). The summed E-state index contributed by atoms with van der Waals surface area (Å²) in [6.07, 6.45) is -3.72. The van der Waals surface area contributed by atoms with E-state index < -0.39 is 23.1 Å². The Labute approximate surface area is 283 Å². The Kier molecular flexibility index (Phi) is 14.1. The number of aliphatic carboxylic acids is 1. The number of halogens is 5. The van der Waals surface area contributed by atoms with Gasteiger partial charge in [-0.05, 0) is 59.8 Å². The van der Waals surface area contributed by atoms with E-state index >= 15 is 0 Å². The topological polar surface area (TPSA) is 87.7 Å². The van der Waals surface area contributed by atoms with Gasteiger partial charge in [0, 0.05) is 18.5 Å². The predicted molar refractivity (Wildman–Crippen MR) is 179 cm³/mol. The minimum Gasteiger partial charge on any atom is -0.494 e. The Hall–Kier alpha value is -4.05. The molecule has 6 nitrogen and oxygen atoms in total. The third kappa shape index (κ3) is 10.7. The van der Waals surface area contributed by atoms with E-state index in [2.05, 4.69) is 10.6 Å². The fourth-order valence-electron chi connectivity index (χ4n) is 5.40. The normalized spacial score (nSPS) is 11.4. The monoisotopic (exact) mass is 688 g/mol. The SMILES string of the molecule is Cl.O=C(O)CCNC(=O)Cc1cccc(OCCCNCC(Cc2cccc(C(F)(F)F)c2Cl)(c2ccccc2)c2ccccc2)c1. The highest BCUT2D eigenvalue weighted by atomic mass is 35.5. The summed E-state index contributed by atoms with van der Waals surface area (Å²) >= 11 is 6.41. The highest BCUT2D eigenvalue weighted by Gasteiger charge is 2.38. The van der Waals surface area contributed by atoms with Crippen molar-refractivity contribution in [3.05, 3.63) is 136 Å². The Morgan fingerprint density at radius 1 is 0.830 bits per heavy atom. The number of carbonyl (C=O) groups excluding carboxylic acids is 1. The largest absolute Gasteiger partial charge is 0.494 e. The van der Waals surface area contributed by atoms with Crippen LogP contribution in [0.15, 0.2) is 103 Å². The summed E-state index contributed by atoms with van der Waals surface area (Å²) in [5.74, 6) is -0.636. The van der Waals surface area contributed by atoms with Crippen molar-refractivity contribution in [2.45, 2.75) is 37.3 Å². The number of carboxylic acids is 1. The number of rotatable bonds is 16. The van der Waals surface area contributed by atoms with Gasteiger partial charge in [-0.15, -0.1) is 12.4 Å². The van der Waals surface area contributed by atoms with Crippen molar-refractivity contribution in [3.8, 4) is 5.75 Å². The van der Waals surface area contributed by atoms with Crippen molar-refractivity contribution >= 4 is 35.9 Å². The van der Waals surface area contributed by atoms with Gasteiger partial charge < -0.3 is 20.5 Å². The third-order valence-corrected chi connectivity index (χ3v) is 8.09. The second-order valence-corrected chi connectivity index (χ2v) is 11.3. The smallest absolute Gasteiger partial charge is 0.417 e. The van der Waals surface area contributed by atoms with Crippen molar-refractivity contribution in [2.75, 3.05) is 26.2 Å². The zero-order valence-electron chi connectivity index (χ0n) is 25.6. The number of ether oxygens (including phenoxy) is 1. The van der Waals surface area contributed by atoms with Crippen LogP contribution in [-0.4, -0.2) is 43.2 Å². The average Bonchev–Trinajstić information content (AvgIpc) is 3.03. The molecule has 47 heavy (non-hydrogen) atoms. The van der Waals surface area contributed by atoms with E-state index in [9.17, 15) is 22.8 Å². The number of carbonyl (C=O) groups is 2. The minimum absolute atomic E-state index is 0. The van der Waals surface area contributed by atoms with Crippen molar-refractivity contribution < 1.29 is 32.6 Å². The molecule has 4 aromatic carbocycles. The maximum atomic E-state index is 13.8. The highest BCUT2D eigenvalue weighted by Crippen LogP contribution is 2.41. The summed E-state index contributed by atoms with van der Waals surface area (Å²) in [5.41, 5.74) is 1.47. The quantitative estimate of drug-likeness (QED) is 0.106. The lowest BCUT2D eigenvalue weighted by Gasteiger charge is -2.36. The van der Waals surface area contributed by atoms with Gasteiger partial charge in [-0.25, -0.2) is 0 Å². The highest BCUT2D eigenvalue weighted by molar-refractivity contribution is 6.32. The molecule has 0 fully saturated rings. The molecular formula is C36H37Cl2F3N2O4. The maximum Gasteiger partial charge on any atom is 0.417 e. The average molecular weight is 690 g/mol. The predicted octanol–water partition coefficient (Wildman–Crippen LogP) is 7.50. The van der Waals surface area contributed by atoms with E-state index in [1.807, 2.05) is 60.7 Å². The van der Waals surface area contributed by atoms with E-state index in [4.69, 9.17) is 21.4 Å². The molecule has 0 unspecified atom stereocenters. The summed E-state index contributed by atoms with van der Waals surface area (Å²) in [7, 11) is 0. The molecule has 0 spiro atoms. The number of carboxylic acid groups (broad SMARTS) is 1. The van der Waals surface area contributed by atoms with Crippen molar-refractivity contribution in [1.29, 1.82) is 0 Å². The molecule has 0 aromatic heterocycles. The first-order valence-electron chi connectivity index (χ1n) is 14.9. The van der Waals surface area contributed by atoms with Gasteiger partial charge in [-0.2, -0.15) is 13.2 Å². The van der Waals surface area contributed by atoms with E-state index in [-0.39, 0.29) is 49.1 Å². The van der Waals surface area contributed by atoms with Crippen LogP contribution in [0.2, 0.25) is 5.02 Å². The van der Waals surface area contributed by atoms with Gasteiger partial charge in [-0.1, -0.05) is 96.5 Å². The maximum absolute atomic E-state index is 13.8. The number of nitrogens with one attached hydrogen (secondary N) is 2. The number of hydrogen-bond donors (Lipinski definition) is 3. The summed E-state index contributed by atoms with van der Waals surface area (Å²) in [5, 5.41) is 14.5. The molecule has 0 aliphatic heterocycles. The zero-order valence-corrected chi connectivity index (χ0v) is 27.1. The van der Waals surface area contributed by atoms with Crippen LogP contribution >= 0.6 is 24.0 Å². The molecule has 3 N–H and O–H groups in total. The van der Waals surface area contributed by atoms with Gasteiger partial charge in [0.05, 0.1) is 30.0 Å². The van der Waals surface area contributed by atoms with Gasteiger partial charge in [0.1, 0.15) is 5.75 Å². The van der Waals surface area contributed by atoms with Gasteiger partial charge in [-0.3, -0.25) is 9.59 Å². The standard InChI is InChI=1S/C36H36ClF3N2O4.ClH/c37-34-27(11-8-17-31(34)36(38,39)40)24-35(28-12-3-1-4-13-28,29-14-5-2-6-15-29)25-41-19-9-21-46-30-16-7-10-26(22-30)23-32(43)42-20-18-33(44)45;/h1-8,10-17,22,41H,9,18-21,23-25H2,(H,42,43)(H,44,45);1H. The second-order valence-electron chi connectivity index (χ2n) is 11.0. The molecule has 0 aliphatic rings. The third-order valence-electron chi connectivity index (χ3n) is 7.65. The number of amides is 1. The molecule has 0 radical (unpaired) electrons. The molecule has 0 atom stereocenters. The second kappa shape index (κ2) is 17.8. The fraction of sp³-hybridized carbons (Fsp3) is 0.278. The van der Waals surface area contributed by atoms with Crippen LogP contribution in [0.3, 0.4) is 0 Å². The van der Waals surface area contributed by atoms with Crippen LogP contribution in [0.25, 0.3) is 0 Å². The summed E-state index contributed by atoms with van der Waals surface area (Å²) in [6.45, 7) is 1.47. The summed E-state index contributed by atoms with van der Waals surface area (Å²) < 4.78 is 47.2. The molecule has 0 bridgehead atoms. The Bertz CT molecular complexity index is 1550. The van der Waals surface area contributed by atoms with E-state index in [0.29, 0.717) is 37.4 Å². The molecule has 0 saturated heterocycles. The Morgan fingerprint density at radius 2 is 1.47 bits per heavy atom. The number of benzene rings is 4. The Balaban J connectivity index is 0.00000600. The van der Waals surface area contributed by atoms with Crippen LogP contribution < -0.4 is 15.4 Å². The summed E-state index contributed by atoms with van der Waals surface area (Å²) in [6, 6.07) is 30.6. The van der Waals surface area contributed by atoms with Crippen molar-refractivity contribution in [1.82, 2.24) is 10.6 Å². The number of alkyl halides is 3. The lowest BCUT2D eigenvalue weighted by Crippen LogP contribution is -2.42. The molecule has 0 heterocycles. The molecule has 250 valence electrons. The first-order valence-corrected chi connectivity index (χ1v) is 15.3. The van der Waals surface area contributed by atoms with Crippen molar-refractivity contribution in [3.63, 3.8) is 0 Å². The lowest BCUT2D eigenvalue weighted by molar-refractivity contribution is -0.138. The first kappa shape index (κ1) is 37.4. The minimum atomic E-state index is -4.57. The van der Waals surface area contributed by atoms with Gasteiger partial charge >= 0.3 is 12.1 Å².